The van der Waals surface area contributed by atoms with Crippen LogP contribution in [0.25, 0.3) is 0 Å². The molecule has 1 saturated heterocycles. The van der Waals surface area contributed by atoms with Gasteiger partial charge in [-0.3, -0.25) is 14.4 Å². The quantitative estimate of drug-likeness (QED) is 0.529. The molecule has 1 N–H and O–H groups in total. The van der Waals surface area contributed by atoms with Crippen molar-refractivity contribution in [2.45, 2.75) is 44.9 Å². The third kappa shape index (κ3) is 6.54. The molecule has 0 bridgehead atoms. The van der Waals surface area contributed by atoms with Crippen molar-refractivity contribution in [2.75, 3.05) is 26.7 Å². The summed E-state index contributed by atoms with van der Waals surface area (Å²) in [4.78, 5) is 35.7. The molecule has 6 nitrogen and oxygen atoms in total. The van der Waals surface area contributed by atoms with Crippen LogP contribution < -0.4 is 5.32 Å². The van der Waals surface area contributed by atoms with Gasteiger partial charge < -0.3 is 15.0 Å². The summed E-state index contributed by atoms with van der Waals surface area (Å²) in [5.41, 5.74) is 0. The van der Waals surface area contributed by atoms with Crippen LogP contribution in [0.4, 0.5) is 0 Å². The molecule has 0 unspecified atom stereocenters. The van der Waals surface area contributed by atoms with E-state index >= 15 is 0 Å². The third-order valence-electron chi connectivity index (χ3n) is 3.36. The maximum Gasteiger partial charge on any atom is 0.305 e. The largest absolute Gasteiger partial charge is 0.469 e. The van der Waals surface area contributed by atoms with Crippen molar-refractivity contribution in [3.8, 4) is 0 Å². The molecule has 1 aliphatic heterocycles. The van der Waals surface area contributed by atoms with E-state index in [4.69, 9.17) is 0 Å². The minimum atomic E-state index is -0.197. The number of carbonyl (C=O) groups is 3. The van der Waals surface area contributed by atoms with Crippen LogP contribution in [0.5, 0.6) is 0 Å². The van der Waals surface area contributed by atoms with Crippen LogP contribution >= 0.6 is 0 Å². The number of hydrogen-bond acceptors (Lipinski definition) is 4. The number of nitrogens with zero attached hydrogens (tertiary/aromatic N) is 1. The number of piperidine rings is 1. The maximum absolute atomic E-state index is 11.7. The molecule has 20 heavy (non-hydrogen) atoms. The normalized spacial score (nSPS) is 15.1. The second kappa shape index (κ2) is 9.34. The number of methoxy groups -OCH3 is 1. The van der Waals surface area contributed by atoms with Crippen molar-refractivity contribution in [1.29, 1.82) is 0 Å². The molecule has 0 spiro atoms. The monoisotopic (exact) mass is 284 g/mol. The lowest BCUT2D eigenvalue weighted by Gasteiger charge is -2.25. The van der Waals surface area contributed by atoms with E-state index in [1.54, 1.807) is 4.90 Å². The Morgan fingerprint density at radius 1 is 1.25 bits per heavy atom. The molecule has 1 heterocycles. The fraction of sp³-hybridized carbons (Fsp3) is 0.786. The van der Waals surface area contributed by atoms with E-state index in [0.29, 0.717) is 25.9 Å². The number of unbranched alkanes of at least 4 members (excludes halogenated alkanes) is 2. The lowest BCUT2D eigenvalue weighted by Crippen LogP contribution is -2.43. The van der Waals surface area contributed by atoms with Gasteiger partial charge in [-0.1, -0.05) is 6.42 Å². The molecule has 1 fully saturated rings. The van der Waals surface area contributed by atoms with Crippen LogP contribution in [-0.2, 0) is 19.1 Å². The Hall–Kier alpha value is -1.59. The first kappa shape index (κ1) is 16.5. The first-order chi connectivity index (χ1) is 9.63. The van der Waals surface area contributed by atoms with Crippen molar-refractivity contribution >= 4 is 17.8 Å². The van der Waals surface area contributed by atoms with Gasteiger partial charge in [-0.15, -0.1) is 0 Å². The van der Waals surface area contributed by atoms with Crippen LogP contribution in [0, 0.1) is 0 Å². The number of hydrogen-bond donors (Lipinski definition) is 1. The maximum atomic E-state index is 11.7. The topological polar surface area (TPSA) is 75.7 Å². The summed E-state index contributed by atoms with van der Waals surface area (Å²) >= 11 is 0. The van der Waals surface area contributed by atoms with Gasteiger partial charge in [0.15, 0.2) is 0 Å². The molecular weight excluding hydrogens is 260 g/mol. The number of rotatable bonds is 8. The van der Waals surface area contributed by atoms with Gasteiger partial charge in [0.2, 0.25) is 11.8 Å². The van der Waals surface area contributed by atoms with Crippen LogP contribution in [0.15, 0.2) is 0 Å². The minimum absolute atomic E-state index is 0.0736. The van der Waals surface area contributed by atoms with E-state index in [1.807, 2.05) is 0 Å². The highest BCUT2D eigenvalue weighted by Crippen LogP contribution is 2.09. The van der Waals surface area contributed by atoms with Gasteiger partial charge in [0, 0.05) is 25.9 Å². The highest BCUT2D eigenvalue weighted by molar-refractivity contribution is 5.85. The zero-order chi connectivity index (χ0) is 14.8. The van der Waals surface area contributed by atoms with Gasteiger partial charge in [0.05, 0.1) is 13.7 Å². The smallest absolute Gasteiger partial charge is 0.305 e. The highest BCUT2D eigenvalue weighted by Gasteiger charge is 2.19. The van der Waals surface area contributed by atoms with Crippen molar-refractivity contribution in [3.05, 3.63) is 0 Å². The van der Waals surface area contributed by atoms with E-state index in [-0.39, 0.29) is 24.3 Å². The molecule has 2 amide bonds. The van der Waals surface area contributed by atoms with Crippen LogP contribution in [0.1, 0.15) is 44.9 Å². The number of carbonyl (C=O) groups excluding carboxylic acids is 3. The average Bonchev–Trinajstić information content (AvgIpc) is 2.44. The Morgan fingerprint density at radius 3 is 2.75 bits per heavy atom. The van der Waals surface area contributed by atoms with E-state index in [9.17, 15) is 14.4 Å². The number of nitrogens with one attached hydrogen (secondary N) is 1. The van der Waals surface area contributed by atoms with Gasteiger partial charge in [0.25, 0.3) is 0 Å². The number of amides is 2. The van der Waals surface area contributed by atoms with E-state index < -0.39 is 0 Å². The predicted molar refractivity (Wildman–Crippen MR) is 73.9 cm³/mol. The van der Waals surface area contributed by atoms with Gasteiger partial charge in [-0.25, -0.2) is 0 Å². The molecule has 0 aromatic carbocycles. The van der Waals surface area contributed by atoms with Gasteiger partial charge in [-0.2, -0.15) is 0 Å². The molecule has 6 heteroatoms. The Bertz CT molecular complexity index is 344. The summed E-state index contributed by atoms with van der Waals surface area (Å²) in [6.45, 7) is 1.44. The number of ether oxygens (including phenoxy) is 1. The molecule has 0 radical (unpaired) electrons. The molecule has 0 aromatic heterocycles. The third-order valence-corrected chi connectivity index (χ3v) is 3.36. The second-order valence-electron chi connectivity index (χ2n) is 5.01. The highest BCUT2D eigenvalue weighted by atomic mass is 16.5. The number of likely N-dealkylation sites (tertiary alicyclic amines) is 1. The van der Waals surface area contributed by atoms with Crippen molar-refractivity contribution in [3.63, 3.8) is 0 Å². The van der Waals surface area contributed by atoms with Crippen LogP contribution in [-0.4, -0.2) is 49.4 Å². The molecule has 1 aliphatic rings. The summed E-state index contributed by atoms with van der Waals surface area (Å²) in [5, 5.41) is 2.80. The van der Waals surface area contributed by atoms with Gasteiger partial charge in [0.1, 0.15) is 0 Å². The van der Waals surface area contributed by atoms with Gasteiger partial charge >= 0.3 is 5.97 Å². The molecule has 1 rings (SSSR count). The molecule has 0 saturated carbocycles. The standard InChI is InChI=1S/C14H24N2O4/c1-20-14(19)8-3-2-5-9-15-12(17)11-16-10-6-4-7-13(16)18/h2-11H2,1H3,(H,15,17). The fourth-order valence-corrected chi connectivity index (χ4v) is 2.16. The molecule has 0 aliphatic carbocycles. The number of esters is 1. The van der Waals surface area contributed by atoms with Crippen LogP contribution in [0.2, 0.25) is 0 Å². The zero-order valence-corrected chi connectivity index (χ0v) is 12.2. The van der Waals surface area contributed by atoms with Crippen molar-refractivity contribution in [2.24, 2.45) is 0 Å². The Kier molecular flexibility index (Phi) is 7.69. The lowest BCUT2D eigenvalue weighted by molar-refractivity contribution is -0.140. The van der Waals surface area contributed by atoms with E-state index in [0.717, 1.165) is 32.1 Å². The average molecular weight is 284 g/mol. The summed E-state index contributed by atoms with van der Waals surface area (Å²) in [7, 11) is 1.38. The molecule has 0 atom stereocenters. The Balaban J connectivity index is 2.02. The SMILES string of the molecule is COC(=O)CCCCCNC(=O)CN1CCCCC1=O. The Labute approximate surface area is 119 Å². The summed E-state index contributed by atoms with van der Waals surface area (Å²) < 4.78 is 4.54. The van der Waals surface area contributed by atoms with Gasteiger partial charge in [-0.05, 0) is 25.7 Å². The molecule has 114 valence electrons. The summed E-state index contributed by atoms with van der Waals surface area (Å²) in [6, 6.07) is 0. The summed E-state index contributed by atoms with van der Waals surface area (Å²) in [6.07, 6.45) is 5.36. The minimum Gasteiger partial charge on any atom is -0.469 e. The van der Waals surface area contributed by atoms with E-state index in [2.05, 4.69) is 10.1 Å². The first-order valence-electron chi connectivity index (χ1n) is 7.25. The first-order valence-corrected chi connectivity index (χ1v) is 7.25. The van der Waals surface area contributed by atoms with Crippen molar-refractivity contribution < 1.29 is 19.1 Å². The summed E-state index contributed by atoms with van der Waals surface area (Å²) in [5.74, 6) is -0.227. The predicted octanol–water partition coefficient (Wildman–Crippen LogP) is 0.848. The molecule has 0 aromatic rings. The van der Waals surface area contributed by atoms with Crippen molar-refractivity contribution in [1.82, 2.24) is 10.2 Å². The Morgan fingerprint density at radius 2 is 2.05 bits per heavy atom. The lowest BCUT2D eigenvalue weighted by atomic mass is 10.1. The zero-order valence-electron chi connectivity index (χ0n) is 12.2. The van der Waals surface area contributed by atoms with E-state index in [1.165, 1.54) is 7.11 Å². The van der Waals surface area contributed by atoms with Crippen LogP contribution in [0.3, 0.4) is 0 Å². The fourth-order valence-electron chi connectivity index (χ4n) is 2.16. The molecular formula is C14H24N2O4. The second-order valence-corrected chi connectivity index (χ2v) is 5.01.